The number of nitriles is 1. The van der Waals surface area contributed by atoms with Crippen molar-refractivity contribution in [3.05, 3.63) is 55.7 Å². The summed E-state index contributed by atoms with van der Waals surface area (Å²) < 4.78 is 8.68. The number of aromatic nitrogens is 4. The number of hydrogen-bond donors (Lipinski definition) is 0. The number of fused-ring (bicyclic) bond motifs is 1. The van der Waals surface area contributed by atoms with Crippen molar-refractivity contribution >= 4 is 28.3 Å². The zero-order chi connectivity index (χ0) is 22.7. The molecule has 0 aliphatic rings. The van der Waals surface area contributed by atoms with Crippen LogP contribution in [0.4, 0.5) is 0 Å². The number of nitrogens with zero attached hydrogens (tertiary/aromatic N) is 5. The largest absolute Gasteiger partial charge is 0.455 e. The SMILES string of the molecule is CCc1nn2c(=O)cc(COC(=O)/C(C#N)=C/c3cc(C)n(CC(C)C)c3C)nc2s1. The van der Waals surface area contributed by atoms with E-state index in [-0.39, 0.29) is 17.7 Å². The molecule has 162 valence electrons. The van der Waals surface area contributed by atoms with Gasteiger partial charge in [0.25, 0.3) is 5.56 Å². The maximum absolute atomic E-state index is 12.5. The predicted molar refractivity (Wildman–Crippen MR) is 119 cm³/mol. The van der Waals surface area contributed by atoms with Crippen molar-refractivity contribution in [3.63, 3.8) is 0 Å². The molecule has 0 saturated heterocycles. The second-order valence-electron chi connectivity index (χ2n) is 7.71. The van der Waals surface area contributed by atoms with E-state index >= 15 is 0 Å². The highest BCUT2D eigenvalue weighted by Crippen LogP contribution is 2.20. The summed E-state index contributed by atoms with van der Waals surface area (Å²) in [5.41, 5.74) is 2.74. The van der Waals surface area contributed by atoms with Crippen LogP contribution in [0.3, 0.4) is 0 Å². The van der Waals surface area contributed by atoms with E-state index in [1.807, 2.05) is 32.9 Å². The number of esters is 1. The van der Waals surface area contributed by atoms with E-state index in [4.69, 9.17) is 4.74 Å². The first-order valence-corrected chi connectivity index (χ1v) is 10.9. The monoisotopic (exact) mass is 439 g/mol. The average Bonchev–Trinajstić information content (AvgIpc) is 3.26. The molecule has 0 atom stereocenters. The van der Waals surface area contributed by atoms with Crippen LogP contribution in [-0.4, -0.2) is 25.1 Å². The van der Waals surface area contributed by atoms with E-state index in [0.717, 1.165) is 28.5 Å². The first kappa shape index (κ1) is 22.4. The molecule has 0 fully saturated rings. The summed E-state index contributed by atoms with van der Waals surface area (Å²) in [6.07, 6.45) is 2.25. The van der Waals surface area contributed by atoms with Gasteiger partial charge in [-0.3, -0.25) is 4.79 Å². The second-order valence-corrected chi connectivity index (χ2v) is 8.75. The Balaban J connectivity index is 1.79. The van der Waals surface area contributed by atoms with E-state index in [2.05, 4.69) is 28.5 Å². The Bertz CT molecular complexity index is 1260. The molecule has 3 rings (SSSR count). The molecule has 0 N–H and O–H groups in total. The topological polar surface area (TPSA) is 102 Å². The number of aryl methyl sites for hydroxylation is 2. The predicted octanol–water partition coefficient (Wildman–Crippen LogP) is 3.44. The summed E-state index contributed by atoms with van der Waals surface area (Å²) in [5.74, 6) is -0.278. The van der Waals surface area contributed by atoms with Crippen molar-refractivity contribution in [2.75, 3.05) is 0 Å². The molecule has 3 aromatic heterocycles. The molecule has 0 aromatic carbocycles. The van der Waals surface area contributed by atoms with Gasteiger partial charge in [0.1, 0.15) is 23.3 Å². The van der Waals surface area contributed by atoms with E-state index < -0.39 is 5.97 Å². The third-order valence-corrected chi connectivity index (χ3v) is 5.85. The Morgan fingerprint density at radius 1 is 1.35 bits per heavy atom. The first-order valence-electron chi connectivity index (χ1n) is 10.1. The van der Waals surface area contributed by atoms with Crippen LogP contribution >= 0.6 is 11.3 Å². The number of ether oxygens (including phenoxy) is 1. The Kier molecular flexibility index (Phi) is 6.71. The van der Waals surface area contributed by atoms with Crippen LogP contribution in [0.1, 0.15) is 48.4 Å². The molecule has 0 radical (unpaired) electrons. The van der Waals surface area contributed by atoms with Crippen molar-refractivity contribution in [1.29, 1.82) is 5.26 Å². The normalized spacial score (nSPS) is 11.8. The van der Waals surface area contributed by atoms with Gasteiger partial charge in [-0.2, -0.15) is 14.9 Å². The molecule has 0 spiro atoms. The standard InChI is InChI=1S/C22H25N5O3S/c1-6-19-25-27-20(28)9-18(24-22(27)31-19)12-30-21(29)17(10-23)8-16-7-14(4)26(15(16)5)11-13(2)3/h7-9,13H,6,11-12H2,1-5H3/b17-8+. The van der Waals surface area contributed by atoms with Gasteiger partial charge in [-0.05, 0) is 43.9 Å². The Hall–Kier alpha value is -3.25. The fraction of sp³-hybridized carbons (Fsp3) is 0.409. The molecule has 0 amide bonds. The van der Waals surface area contributed by atoms with Crippen molar-refractivity contribution in [2.24, 2.45) is 5.92 Å². The molecular formula is C22H25N5O3S. The van der Waals surface area contributed by atoms with Gasteiger partial charge in [0.05, 0.1) is 5.69 Å². The molecule has 3 aromatic rings. The number of rotatable bonds is 7. The minimum absolute atomic E-state index is 0.103. The summed E-state index contributed by atoms with van der Waals surface area (Å²) in [5, 5.41) is 14.5. The first-order chi connectivity index (χ1) is 14.7. The third-order valence-electron chi connectivity index (χ3n) is 4.79. The lowest BCUT2D eigenvalue weighted by Crippen LogP contribution is -2.17. The van der Waals surface area contributed by atoms with E-state index in [0.29, 0.717) is 23.0 Å². The maximum atomic E-state index is 12.5. The lowest BCUT2D eigenvalue weighted by molar-refractivity contribution is -0.139. The fourth-order valence-electron chi connectivity index (χ4n) is 3.24. The summed E-state index contributed by atoms with van der Waals surface area (Å²) in [6.45, 7) is 10.8. The summed E-state index contributed by atoms with van der Waals surface area (Å²) in [7, 11) is 0. The summed E-state index contributed by atoms with van der Waals surface area (Å²) in [6, 6.07) is 5.16. The lowest BCUT2D eigenvalue weighted by Gasteiger charge is -2.12. The molecule has 9 heteroatoms. The Morgan fingerprint density at radius 2 is 2.10 bits per heavy atom. The highest BCUT2D eigenvalue weighted by molar-refractivity contribution is 7.16. The van der Waals surface area contributed by atoms with E-state index in [9.17, 15) is 14.9 Å². The highest BCUT2D eigenvalue weighted by Gasteiger charge is 2.16. The molecule has 31 heavy (non-hydrogen) atoms. The minimum atomic E-state index is -0.753. The zero-order valence-electron chi connectivity index (χ0n) is 18.3. The van der Waals surface area contributed by atoms with Crippen LogP contribution in [0.2, 0.25) is 0 Å². The van der Waals surface area contributed by atoms with Crippen LogP contribution in [0, 0.1) is 31.1 Å². The van der Waals surface area contributed by atoms with Crippen LogP contribution in [0.5, 0.6) is 0 Å². The van der Waals surface area contributed by atoms with Gasteiger partial charge in [0.2, 0.25) is 4.96 Å². The molecule has 3 heterocycles. The van der Waals surface area contributed by atoms with Crippen LogP contribution in [-0.2, 0) is 29.1 Å². The van der Waals surface area contributed by atoms with Crippen LogP contribution in [0.15, 0.2) is 22.5 Å². The van der Waals surface area contributed by atoms with Gasteiger partial charge in [-0.25, -0.2) is 9.78 Å². The van der Waals surface area contributed by atoms with Crippen LogP contribution < -0.4 is 5.56 Å². The van der Waals surface area contributed by atoms with E-state index in [1.165, 1.54) is 21.9 Å². The maximum Gasteiger partial charge on any atom is 0.349 e. The highest BCUT2D eigenvalue weighted by atomic mass is 32.1. The molecular weight excluding hydrogens is 414 g/mol. The fourth-order valence-corrected chi connectivity index (χ4v) is 4.10. The van der Waals surface area contributed by atoms with Crippen molar-refractivity contribution in [3.8, 4) is 6.07 Å². The van der Waals surface area contributed by atoms with Gasteiger partial charge in [0, 0.05) is 24.0 Å². The van der Waals surface area contributed by atoms with Crippen molar-refractivity contribution in [2.45, 2.75) is 54.2 Å². The third kappa shape index (κ3) is 4.91. The van der Waals surface area contributed by atoms with Gasteiger partial charge in [-0.15, -0.1) is 0 Å². The molecule has 0 saturated carbocycles. The number of carbonyl (C=O) groups is 1. The zero-order valence-corrected chi connectivity index (χ0v) is 19.1. The van der Waals surface area contributed by atoms with Gasteiger partial charge < -0.3 is 9.30 Å². The minimum Gasteiger partial charge on any atom is -0.455 e. The molecule has 0 bridgehead atoms. The van der Waals surface area contributed by atoms with E-state index in [1.54, 1.807) is 6.08 Å². The molecule has 8 nitrogen and oxygen atoms in total. The second kappa shape index (κ2) is 9.27. The smallest absolute Gasteiger partial charge is 0.349 e. The van der Waals surface area contributed by atoms with Gasteiger partial charge in [-0.1, -0.05) is 32.1 Å². The van der Waals surface area contributed by atoms with Gasteiger partial charge in [0.15, 0.2) is 0 Å². The molecule has 0 unspecified atom stereocenters. The molecule has 0 aliphatic heterocycles. The average molecular weight is 440 g/mol. The lowest BCUT2D eigenvalue weighted by atomic mass is 10.1. The summed E-state index contributed by atoms with van der Waals surface area (Å²) >= 11 is 1.32. The van der Waals surface area contributed by atoms with Crippen LogP contribution in [0.25, 0.3) is 11.0 Å². The number of carbonyl (C=O) groups excluding carboxylic acids is 1. The van der Waals surface area contributed by atoms with Crippen molar-refractivity contribution in [1.82, 2.24) is 19.2 Å². The Labute approximate surface area is 184 Å². The van der Waals surface area contributed by atoms with Gasteiger partial charge >= 0.3 is 5.97 Å². The Morgan fingerprint density at radius 3 is 2.74 bits per heavy atom. The van der Waals surface area contributed by atoms with Crippen molar-refractivity contribution < 1.29 is 9.53 Å². The summed E-state index contributed by atoms with van der Waals surface area (Å²) in [4.78, 5) is 29.5. The molecule has 0 aliphatic carbocycles. The number of hydrogen-bond acceptors (Lipinski definition) is 7. The quantitative estimate of drug-likeness (QED) is 0.317.